The van der Waals surface area contributed by atoms with Gasteiger partial charge in [0, 0.05) is 19.1 Å². The summed E-state index contributed by atoms with van der Waals surface area (Å²) in [4.78, 5) is 36.9. The third kappa shape index (κ3) is 6.45. The Bertz CT molecular complexity index is 1000. The molecule has 3 amide bonds. The number of amides is 3. The fourth-order valence-electron chi connectivity index (χ4n) is 3.90. The number of urea groups is 1. The van der Waals surface area contributed by atoms with Crippen molar-refractivity contribution in [2.24, 2.45) is 0 Å². The zero-order valence-electron chi connectivity index (χ0n) is 19.4. The number of morpholine rings is 1. The molecule has 1 saturated carbocycles. The Hall–Kier alpha value is -2.70. The van der Waals surface area contributed by atoms with Crippen molar-refractivity contribution in [3.05, 3.63) is 23.8 Å². The van der Waals surface area contributed by atoms with Crippen LogP contribution in [0.1, 0.15) is 49.4 Å². The molecule has 1 unspecified atom stereocenters. The van der Waals surface area contributed by atoms with Crippen molar-refractivity contribution in [3.63, 3.8) is 0 Å². The van der Waals surface area contributed by atoms with Crippen LogP contribution in [0.3, 0.4) is 0 Å². The predicted molar refractivity (Wildman–Crippen MR) is 121 cm³/mol. The summed E-state index contributed by atoms with van der Waals surface area (Å²) in [5.41, 5.74) is -0.0704. The van der Waals surface area contributed by atoms with Crippen molar-refractivity contribution < 1.29 is 37.0 Å². The van der Waals surface area contributed by atoms with E-state index in [1.807, 2.05) is 0 Å². The molecule has 0 aromatic heterocycles. The highest BCUT2D eigenvalue weighted by molar-refractivity contribution is 7.89. The van der Waals surface area contributed by atoms with Gasteiger partial charge >= 0.3 is 12.0 Å². The average molecular weight is 498 g/mol. The van der Waals surface area contributed by atoms with Gasteiger partial charge in [0.25, 0.3) is 5.91 Å². The monoisotopic (exact) mass is 497 g/mol. The largest absolute Gasteiger partial charge is 0.495 e. The summed E-state index contributed by atoms with van der Waals surface area (Å²) in [5.74, 6) is -1.61. The molecule has 1 aromatic carbocycles. The standard InChI is InChI=1S/C22H31N3O8S/c1-15(20(26)24-22(28)23-17-6-4-3-5-7-17)33-21(27)16-8-9-18(31-2)19(14-16)34(29,30)25-10-12-32-13-11-25/h8-9,14-15,17H,3-7,10-13H2,1-2H3,(H2,23,24,26,28). The summed E-state index contributed by atoms with van der Waals surface area (Å²) in [6.07, 6.45) is 3.63. The second-order valence-electron chi connectivity index (χ2n) is 8.23. The van der Waals surface area contributed by atoms with Crippen molar-refractivity contribution in [1.29, 1.82) is 0 Å². The van der Waals surface area contributed by atoms with E-state index in [9.17, 15) is 22.8 Å². The highest BCUT2D eigenvalue weighted by atomic mass is 32.2. The molecule has 1 saturated heterocycles. The zero-order chi connectivity index (χ0) is 24.7. The minimum Gasteiger partial charge on any atom is -0.495 e. The number of hydrogen-bond acceptors (Lipinski definition) is 8. The van der Waals surface area contributed by atoms with Crippen LogP contribution in [0.5, 0.6) is 5.75 Å². The molecule has 2 fully saturated rings. The van der Waals surface area contributed by atoms with Gasteiger partial charge in [0.05, 0.1) is 25.9 Å². The number of nitrogens with zero attached hydrogens (tertiary/aromatic N) is 1. The molecule has 0 spiro atoms. The Labute approximate surface area is 199 Å². The number of esters is 1. The van der Waals surface area contributed by atoms with Crippen LogP contribution in [0.2, 0.25) is 0 Å². The summed E-state index contributed by atoms with van der Waals surface area (Å²) in [5, 5.41) is 4.93. The Kier molecular flexibility index (Phi) is 8.86. The van der Waals surface area contributed by atoms with Crippen LogP contribution in [-0.2, 0) is 24.3 Å². The van der Waals surface area contributed by atoms with Crippen LogP contribution in [-0.4, -0.2) is 76.2 Å². The molecular formula is C22H31N3O8S. The van der Waals surface area contributed by atoms with Gasteiger partial charge in [-0.2, -0.15) is 4.31 Å². The topological polar surface area (TPSA) is 140 Å². The number of carbonyl (C=O) groups excluding carboxylic acids is 3. The lowest BCUT2D eigenvalue weighted by molar-refractivity contribution is -0.127. The normalized spacial score (nSPS) is 18.5. The molecule has 188 valence electrons. The van der Waals surface area contributed by atoms with Gasteiger partial charge in [0.15, 0.2) is 6.10 Å². The summed E-state index contributed by atoms with van der Waals surface area (Å²) in [6.45, 7) is 2.23. The van der Waals surface area contributed by atoms with Crippen molar-refractivity contribution in [2.45, 2.75) is 56.1 Å². The number of imide groups is 1. The molecule has 1 aromatic rings. The Morgan fingerprint density at radius 2 is 1.79 bits per heavy atom. The second-order valence-corrected chi connectivity index (χ2v) is 10.1. The highest BCUT2D eigenvalue weighted by Crippen LogP contribution is 2.29. The molecular weight excluding hydrogens is 466 g/mol. The number of sulfonamides is 1. The molecule has 1 atom stereocenters. The van der Waals surface area contributed by atoms with Crippen LogP contribution in [0.25, 0.3) is 0 Å². The molecule has 0 radical (unpaired) electrons. The van der Waals surface area contributed by atoms with E-state index in [1.54, 1.807) is 0 Å². The van der Waals surface area contributed by atoms with Gasteiger partial charge < -0.3 is 19.5 Å². The average Bonchev–Trinajstić information content (AvgIpc) is 2.84. The zero-order valence-corrected chi connectivity index (χ0v) is 20.2. The SMILES string of the molecule is COc1ccc(C(=O)OC(C)C(=O)NC(=O)NC2CCCCC2)cc1S(=O)(=O)N1CCOCC1. The third-order valence-electron chi connectivity index (χ3n) is 5.82. The molecule has 1 aliphatic carbocycles. The summed E-state index contributed by atoms with van der Waals surface area (Å²) in [7, 11) is -2.62. The molecule has 0 bridgehead atoms. The molecule has 11 nitrogen and oxygen atoms in total. The Morgan fingerprint density at radius 1 is 1.12 bits per heavy atom. The number of nitrogens with one attached hydrogen (secondary N) is 2. The summed E-state index contributed by atoms with van der Waals surface area (Å²) >= 11 is 0. The van der Waals surface area contributed by atoms with Gasteiger partial charge in [0.1, 0.15) is 10.6 Å². The van der Waals surface area contributed by atoms with E-state index < -0.39 is 34.0 Å². The number of benzene rings is 1. The van der Waals surface area contributed by atoms with E-state index >= 15 is 0 Å². The molecule has 2 aliphatic rings. The predicted octanol–water partition coefficient (Wildman–Crippen LogP) is 1.42. The molecule has 34 heavy (non-hydrogen) atoms. The number of ether oxygens (including phenoxy) is 3. The van der Waals surface area contributed by atoms with Crippen molar-refractivity contribution in [2.75, 3.05) is 33.4 Å². The van der Waals surface area contributed by atoms with Gasteiger partial charge in [-0.1, -0.05) is 19.3 Å². The lowest BCUT2D eigenvalue weighted by Crippen LogP contribution is -2.48. The van der Waals surface area contributed by atoms with E-state index in [1.165, 1.54) is 30.5 Å². The van der Waals surface area contributed by atoms with Crippen LogP contribution < -0.4 is 15.4 Å². The van der Waals surface area contributed by atoms with Crippen LogP contribution in [0.4, 0.5) is 4.79 Å². The summed E-state index contributed by atoms with van der Waals surface area (Å²) in [6, 6.07) is 3.24. The quantitative estimate of drug-likeness (QED) is 0.539. The summed E-state index contributed by atoms with van der Waals surface area (Å²) < 4.78 is 43.0. The Morgan fingerprint density at radius 3 is 2.44 bits per heavy atom. The molecule has 12 heteroatoms. The molecule has 1 aliphatic heterocycles. The van der Waals surface area contributed by atoms with Gasteiger partial charge in [-0.25, -0.2) is 18.0 Å². The minimum atomic E-state index is -3.95. The van der Waals surface area contributed by atoms with Crippen LogP contribution in [0.15, 0.2) is 23.1 Å². The van der Waals surface area contributed by atoms with Crippen molar-refractivity contribution in [3.8, 4) is 5.75 Å². The van der Waals surface area contributed by atoms with Gasteiger partial charge in [-0.15, -0.1) is 0 Å². The maximum absolute atomic E-state index is 13.1. The fraction of sp³-hybridized carbons (Fsp3) is 0.591. The molecule has 2 N–H and O–H groups in total. The van der Waals surface area contributed by atoms with Gasteiger partial charge in [-0.3, -0.25) is 10.1 Å². The van der Waals surface area contributed by atoms with Crippen molar-refractivity contribution in [1.82, 2.24) is 14.9 Å². The number of carbonyl (C=O) groups is 3. The second kappa shape index (κ2) is 11.6. The Balaban J connectivity index is 1.65. The van der Waals surface area contributed by atoms with Gasteiger partial charge in [0.2, 0.25) is 10.0 Å². The van der Waals surface area contributed by atoms with E-state index in [0.29, 0.717) is 0 Å². The first-order valence-corrected chi connectivity index (χ1v) is 12.7. The molecule has 3 rings (SSSR count). The number of rotatable bonds is 7. The number of hydrogen-bond donors (Lipinski definition) is 2. The lowest BCUT2D eigenvalue weighted by Gasteiger charge is -2.26. The van der Waals surface area contributed by atoms with Crippen LogP contribution >= 0.6 is 0 Å². The first-order valence-electron chi connectivity index (χ1n) is 11.3. The number of methoxy groups -OCH3 is 1. The van der Waals surface area contributed by atoms with E-state index in [0.717, 1.165) is 38.2 Å². The maximum atomic E-state index is 13.1. The van der Waals surface area contributed by atoms with Gasteiger partial charge in [-0.05, 0) is 38.0 Å². The van der Waals surface area contributed by atoms with E-state index in [2.05, 4.69) is 10.6 Å². The third-order valence-corrected chi connectivity index (χ3v) is 7.74. The van der Waals surface area contributed by atoms with Crippen molar-refractivity contribution >= 4 is 27.9 Å². The first kappa shape index (κ1) is 25.9. The van der Waals surface area contributed by atoms with E-state index in [-0.39, 0.29) is 48.6 Å². The first-order chi connectivity index (χ1) is 16.2. The molecule has 1 heterocycles. The minimum absolute atomic E-state index is 0.0190. The lowest BCUT2D eigenvalue weighted by atomic mass is 9.96. The fourth-order valence-corrected chi connectivity index (χ4v) is 5.48. The maximum Gasteiger partial charge on any atom is 0.338 e. The smallest absolute Gasteiger partial charge is 0.338 e. The highest BCUT2D eigenvalue weighted by Gasteiger charge is 2.31. The van der Waals surface area contributed by atoms with Crippen LogP contribution in [0, 0.1) is 0 Å². The van der Waals surface area contributed by atoms with E-state index in [4.69, 9.17) is 14.2 Å².